The third kappa shape index (κ3) is 4.60. The molecule has 0 radical (unpaired) electrons. The Morgan fingerprint density at radius 3 is 2.50 bits per heavy atom. The molecule has 0 bridgehead atoms. The van der Waals surface area contributed by atoms with Gasteiger partial charge >= 0.3 is 0 Å². The fraction of sp³-hybridized carbons (Fsp3) is 1.00. The minimum Gasteiger partial charge on any atom is -0.316 e. The van der Waals surface area contributed by atoms with E-state index in [1.807, 2.05) is 0 Å². The van der Waals surface area contributed by atoms with Crippen molar-refractivity contribution in [1.29, 1.82) is 0 Å². The van der Waals surface area contributed by atoms with Crippen LogP contribution in [-0.4, -0.2) is 44.0 Å². The van der Waals surface area contributed by atoms with Crippen LogP contribution in [0.15, 0.2) is 0 Å². The Balaban J connectivity index is 2.26. The molecule has 1 N–H and O–H groups in total. The van der Waals surface area contributed by atoms with Crippen LogP contribution in [0.4, 0.5) is 0 Å². The maximum atomic E-state index is 5.67. The first-order valence-electron chi connectivity index (χ1n) is 6.51. The van der Waals surface area contributed by atoms with Gasteiger partial charge in [0, 0.05) is 12.4 Å². The quantitative estimate of drug-likeness (QED) is 0.573. The summed E-state index contributed by atoms with van der Waals surface area (Å²) in [6, 6.07) is 0. The second-order valence-electron chi connectivity index (χ2n) is 5.79. The number of rotatable bonds is 6. The summed E-state index contributed by atoms with van der Waals surface area (Å²) in [5, 5.41) is 3.54. The van der Waals surface area contributed by atoms with Crippen molar-refractivity contribution >= 4 is 11.6 Å². The molecule has 0 aromatic heterocycles. The van der Waals surface area contributed by atoms with Crippen molar-refractivity contribution < 1.29 is 0 Å². The summed E-state index contributed by atoms with van der Waals surface area (Å²) in [5.41, 5.74) is 0.424. The van der Waals surface area contributed by atoms with E-state index in [9.17, 15) is 0 Å². The molecule has 3 heteroatoms. The lowest BCUT2D eigenvalue weighted by Crippen LogP contribution is -2.42. The van der Waals surface area contributed by atoms with E-state index in [0.717, 1.165) is 31.3 Å². The first kappa shape index (κ1) is 14.3. The summed E-state index contributed by atoms with van der Waals surface area (Å²) in [6.45, 7) is 9.50. The maximum absolute atomic E-state index is 5.67. The van der Waals surface area contributed by atoms with Gasteiger partial charge in [-0.15, -0.1) is 11.6 Å². The predicted molar refractivity (Wildman–Crippen MR) is 72.2 cm³/mol. The average molecular weight is 247 g/mol. The number of nitrogens with zero attached hydrogens (tertiary/aromatic N) is 1. The van der Waals surface area contributed by atoms with Gasteiger partial charge in [-0.1, -0.05) is 13.8 Å². The fourth-order valence-corrected chi connectivity index (χ4v) is 2.67. The van der Waals surface area contributed by atoms with Gasteiger partial charge in [0.25, 0.3) is 0 Å². The normalized spacial score (nSPS) is 20.2. The van der Waals surface area contributed by atoms with Crippen molar-refractivity contribution in [2.45, 2.75) is 33.1 Å². The lowest BCUT2D eigenvalue weighted by molar-refractivity contribution is 0.113. The lowest BCUT2D eigenvalue weighted by Gasteiger charge is -2.40. The molecule has 0 unspecified atom stereocenters. The SMILES string of the molecule is CN1CCC(C(C)(C)CNCCCCl)CC1. The number of piperidine rings is 1. The van der Waals surface area contributed by atoms with Crippen molar-refractivity contribution in [2.75, 3.05) is 39.1 Å². The van der Waals surface area contributed by atoms with Crippen molar-refractivity contribution in [1.82, 2.24) is 10.2 Å². The number of nitrogens with one attached hydrogen (secondary N) is 1. The van der Waals surface area contributed by atoms with Crippen LogP contribution in [0.25, 0.3) is 0 Å². The lowest BCUT2D eigenvalue weighted by atomic mass is 9.73. The first-order valence-corrected chi connectivity index (χ1v) is 7.05. The van der Waals surface area contributed by atoms with Crippen LogP contribution in [0.2, 0.25) is 0 Å². The fourth-order valence-electron chi connectivity index (χ4n) is 2.54. The van der Waals surface area contributed by atoms with Gasteiger partial charge in [0.05, 0.1) is 0 Å². The smallest absolute Gasteiger partial charge is 0.0235 e. The van der Waals surface area contributed by atoms with E-state index in [4.69, 9.17) is 11.6 Å². The second kappa shape index (κ2) is 6.83. The van der Waals surface area contributed by atoms with Crippen LogP contribution in [0.1, 0.15) is 33.1 Å². The number of hydrogen-bond donors (Lipinski definition) is 1. The van der Waals surface area contributed by atoms with E-state index in [2.05, 4.69) is 31.1 Å². The third-order valence-corrected chi connectivity index (χ3v) is 4.16. The molecule has 1 aliphatic rings. The molecule has 0 aliphatic carbocycles. The summed E-state index contributed by atoms with van der Waals surface area (Å²) in [7, 11) is 2.22. The Labute approximate surface area is 106 Å². The maximum Gasteiger partial charge on any atom is 0.0235 e. The van der Waals surface area contributed by atoms with Gasteiger partial charge < -0.3 is 10.2 Å². The molecule has 16 heavy (non-hydrogen) atoms. The van der Waals surface area contributed by atoms with Crippen molar-refractivity contribution in [3.8, 4) is 0 Å². The van der Waals surface area contributed by atoms with Crippen molar-refractivity contribution in [2.24, 2.45) is 11.3 Å². The molecule has 0 spiro atoms. The summed E-state index contributed by atoms with van der Waals surface area (Å²) >= 11 is 5.67. The first-order chi connectivity index (χ1) is 7.56. The highest BCUT2D eigenvalue weighted by Crippen LogP contribution is 2.34. The highest BCUT2D eigenvalue weighted by Gasteiger charge is 2.31. The molecule has 0 aromatic carbocycles. The molecular formula is C13H27ClN2. The molecule has 0 saturated carbocycles. The molecule has 1 heterocycles. The number of likely N-dealkylation sites (tertiary alicyclic amines) is 1. The van der Waals surface area contributed by atoms with Crippen LogP contribution in [0.3, 0.4) is 0 Å². The largest absolute Gasteiger partial charge is 0.316 e. The molecule has 0 aromatic rings. The number of halogens is 1. The highest BCUT2D eigenvalue weighted by molar-refractivity contribution is 6.17. The highest BCUT2D eigenvalue weighted by atomic mass is 35.5. The molecule has 96 valence electrons. The van der Waals surface area contributed by atoms with Gasteiger partial charge in [0.2, 0.25) is 0 Å². The van der Waals surface area contributed by atoms with Gasteiger partial charge in [-0.3, -0.25) is 0 Å². The van der Waals surface area contributed by atoms with Gasteiger partial charge in [-0.05, 0) is 57.3 Å². The van der Waals surface area contributed by atoms with Crippen molar-refractivity contribution in [3.63, 3.8) is 0 Å². The van der Waals surface area contributed by atoms with Crippen LogP contribution in [0.5, 0.6) is 0 Å². The van der Waals surface area contributed by atoms with E-state index in [1.54, 1.807) is 0 Å². The Kier molecular flexibility index (Phi) is 6.09. The molecule has 1 saturated heterocycles. The summed E-state index contributed by atoms with van der Waals surface area (Å²) in [5.74, 6) is 1.63. The van der Waals surface area contributed by atoms with Gasteiger partial charge in [0.15, 0.2) is 0 Å². The topological polar surface area (TPSA) is 15.3 Å². The average Bonchev–Trinajstić information content (AvgIpc) is 2.25. The van der Waals surface area contributed by atoms with Crippen LogP contribution in [-0.2, 0) is 0 Å². The molecule has 2 nitrogen and oxygen atoms in total. The Morgan fingerprint density at radius 2 is 1.94 bits per heavy atom. The zero-order valence-corrected chi connectivity index (χ0v) is 11.8. The minimum absolute atomic E-state index is 0.424. The van der Waals surface area contributed by atoms with Crippen LogP contribution in [0, 0.1) is 11.3 Å². The van der Waals surface area contributed by atoms with E-state index in [0.29, 0.717) is 5.41 Å². The number of hydrogen-bond acceptors (Lipinski definition) is 2. The zero-order valence-electron chi connectivity index (χ0n) is 11.1. The van der Waals surface area contributed by atoms with E-state index >= 15 is 0 Å². The number of alkyl halides is 1. The molecule has 0 atom stereocenters. The molecular weight excluding hydrogens is 220 g/mol. The summed E-state index contributed by atoms with van der Waals surface area (Å²) in [4.78, 5) is 2.44. The Morgan fingerprint density at radius 1 is 1.31 bits per heavy atom. The van der Waals surface area contributed by atoms with Crippen molar-refractivity contribution in [3.05, 3.63) is 0 Å². The minimum atomic E-state index is 0.424. The van der Waals surface area contributed by atoms with Crippen LogP contribution < -0.4 is 5.32 Å². The van der Waals surface area contributed by atoms with Gasteiger partial charge in [-0.25, -0.2) is 0 Å². The monoisotopic (exact) mass is 246 g/mol. The van der Waals surface area contributed by atoms with E-state index in [-0.39, 0.29) is 0 Å². The molecule has 1 fully saturated rings. The third-order valence-electron chi connectivity index (χ3n) is 3.89. The predicted octanol–water partition coefficient (Wildman–Crippen LogP) is 2.57. The van der Waals surface area contributed by atoms with Gasteiger partial charge in [-0.2, -0.15) is 0 Å². The Bertz CT molecular complexity index is 186. The second-order valence-corrected chi connectivity index (χ2v) is 6.16. The molecule has 1 aliphatic heterocycles. The zero-order chi connectivity index (χ0) is 12.0. The molecule has 0 amide bonds. The van der Waals surface area contributed by atoms with E-state index in [1.165, 1.54) is 25.9 Å². The van der Waals surface area contributed by atoms with Crippen LogP contribution >= 0.6 is 11.6 Å². The van der Waals surface area contributed by atoms with Gasteiger partial charge in [0.1, 0.15) is 0 Å². The standard InChI is InChI=1S/C13H27ClN2/c1-13(2,11-15-8-4-7-14)12-5-9-16(3)10-6-12/h12,15H,4-11H2,1-3H3. The molecule has 1 rings (SSSR count). The van der Waals surface area contributed by atoms with E-state index < -0.39 is 0 Å². The summed E-state index contributed by atoms with van der Waals surface area (Å²) in [6.07, 6.45) is 3.77. The summed E-state index contributed by atoms with van der Waals surface area (Å²) < 4.78 is 0. The Hall–Kier alpha value is 0.210.